The van der Waals surface area contributed by atoms with E-state index in [0.29, 0.717) is 5.56 Å². The Morgan fingerprint density at radius 3 is 2.33 bits per heavy atom. The van der Waals surface area contributed by atoms with Gasteiger partial charge in [0.05, 0.1) is 5.56 Å². The lowest BCUT2D eigenvalue weighted by Gasteiger charge is -2.34. The van der Waals surface area contributed by atoms with Crippen molar-refractivity contribution in [3.63, 3.8) is 0 Å². The van der Waals surface area contributed by atoms with E-state index in [1.54, 1.807) is 44.4 Å². The SMILES string of the molecule is CN(C)C(=O)c1ccc(-c2ccc(S(=O)(=O)N3CCC4(CC3)N=C(c3cccc(C(F)(F)F)c3)NC4=O)s2)cc1. The predicted octanol–water partition coefficient (Wildman–Crippen LogP) is 4.24. The summed E-state index contributed by atoms with van der Waals surface area (Å²) in [6.45, 7) is 0.0629. The van der Waals surface area contributed by atoms with Gasteiger partial charge in [-0.2, -0.15) is 17.5 Å². The second kappa shape index (κ2) is 10.1. The molecule has 3 aromatic rings. The zero-order chi connectivity index (χ0) is 28.9. The molecule has 2 aromatic carbocycles. The third-order valence-corrected chi connectivity index (χ3v) is 10.5. The number of amides is 2. The number of aliphatic imine (C=N–C) groups is 1. The summed E-state index contributed by atoms with van der Waals surface area (Å²) in [4.78, 5) is 31.7. The van der Waals surface area contributed by atoms with Crippen molar-refractivity contribution in [3.8, 4) is 10.4 Å². The third-order valence-electron chi connectivity index (χ3n) is 6.99. The molecular weight excluding hydrogens is 565 g/mol. The summed E-state index contributed by atoms with van der Waals surface area (Å²) in [6.07, 6.45) is -4.34. The van der Waals surface area contributed by atoms with Gasteiger partial charge in [0.15, 0.2) is 0 Å². The van der Waals surface area contributed by atoms with Crippen molar-refractivity contribution in [3.05, 3.63) is 77.4 Å². The van der Waals surface area contributed by atoms with E-state index >= 15 is 0 Å². The maximum Gasteiger partial charge on any atom is 0.416 e. The molecule has 2 aliphatic heterocycles. The van der Waals surface area contributed by atoms with E-state index in [1.807, 2.05) is 0 Å². The summed E-state index contributed by atoms with van der Waals surface area (Å²) in [7, 11) is -0.522. The third kappa shape index (κ3) is 5.16. The molecule has 1 N–H and O–H groups in total. The van der Waals surface area contributed by atoms with Crippen LogP contribution in [0.2, 0.25) is 0 Å². The number of hydrogen-bond acceptors (Lipinski definition) is 6. The van der Waals surface area contributed by atoms with Crippen molar-refractivity contribution < 1.29 is 31.2 Å². The summed E-state index contributed by atoms with van der Waals surface area (Å²) in [6, 6.07) is 14.7. The molecule has 2 aliphatic rings. The van der Waals surface area contributed by atoms with Gasteiger partial charge in [-0.25, -0.2) is 8.42 Å². The molecule has 0 bridgehead atoms. The number of nitrogens with one attached hydrogen (secondary N) is 1. The second-order valence-corrected chi connectivity index (χ2v) is 13.1. The highest BCUT2D eigenvalue weighted by Crippen LogP contribution is 2.37. The van der Waals surface area contributed by atoms with Crippen LogP contribution in [0.1, 0.15) is 34.3 Å². The van der Waals surface area contributed by atoms with Crippen LogP contribution in [0.4, 0.5) is 13.2 Å². The summed E-state index contributed by atoms with van der Waals surface area (Å²) in [5, 5.41) is 2.59. The topological polar surface area (TPSA) is 99.2 Å². The van der Waals surface area contributed by atoms with Crippen LogP contribution >= 0.6 is 11.3 Å². The molecule has 5 rings (SSSR count). The van der Waals surface area contributed by atoms with Crippen molar-refractivity contribution in [1.82, 2.24) is 14.5 Å². The Hall–Kier alpha value is -3.55. The summed E-state index contributed by atoms with van der Waals surface area (Å²) in [5.74, 6) is -0.536. The first-order valence-corrected chi connectivity index (χ1v) is 14.6. The van der Waals surface area contributed by atoms with Crippen LogP contribution in [-0.2, 0) is 21.0 Å². The molecule has 1 spiro atoms. The monoisotopic (exact) mass is 590 g/mol. The summed E-state index contributed by atoms with van der Waals surface area (Å²) >= 11 is 1.11. The first-order valence-electron chi connectivity index (χ1n) is 12.3. The number of piperidine rings is 1. The number of benzene rings is 2. The molecule has 1 saturated heterocycles. The van der Waals surface area contributed by atoms with Crippen LogP contribution < -0.4 is 5.32 Å². The van der Waals surface area contributed by atoms with Crippen LogP contribution in [0.25, 0.3) is 10.4 Å². The molecule has 8 nitrogen and oxygen atoms in total. The maximum atomic E-state index is 13.4. The first-order chi connectivity index (χ1) is 18.8. The molecule has 1 fully saturated rings. The summed E-state index contributed by atoms with van der Waals surface area (Å²) < 4.78 is 67.7. The number of sulfonamides is 1. The fraction of sp³-hybridized carbons (Fsp3) is 0.296. The van der Waals surface area contributed by atoms with E-state index in [1.165, 1.54) is 27.4 Å². The van der Waals surface area contributed by atoms with Crippen molar-refractivity contribution in [1.29, 1.82) is 0 Å². The molecular formula is C27H25F3N4O4S2. The molecule has 0 radical (unpaired) electrons. The highest BCUT2D eigenvalue weighted by molar-refractivity contribution is 7.91. The number of carbonyl (C=O) groups is 2. The van der Waals surface area contributed by atoms with Crippen LogP contribution in [-0.4, -0.2) is 68.0 Å². The van der Waals surface area contributed by atoms with E-state index in [9.17, 15) is 31.2 Å². The van der Waals surface area contributed by atoms with Gasteiger partial charge in [0, 0.05) is 43.2 Å². The van der Waals surface area contributed by atoms with Gasteiger partial charge < -0.3 is 10.2 Å². The van der Waals surface area contributed by atoms with Gasteiger partial charge in [-0.15, -0.1) is 11.3 Å². The standard InChI is InChI=1S/C27H25F3N4O4S2/c1-33(2)24(35)18-8-6-17(7-9-18)21-10-11-22(39-21)40(37,38)34-14-12-26(13-15-34)25(36)31-23(32-26)19-4-3-5-20(16-19)27(28,29)30/h3-11,16H,12-15H2,1-2H3,(H,31,32,36). The van der Waals surface area contributed by atoms with Gasteiger partial charge in [0.25, 0.3) is 21.8 Å². The second-order valence-electron chi connectivity index (χ2n) is 9.82. The van der Waals surface area contributed by atoms with Crippen molar-refractivity contribution >= 4 is 39.0 Å². The van der Waals surface area contributed by atoms with Gasteiger partial charge >= 0.3 is 6.18 Å². The normalized spacial score (nSPS) is 17.5. The van der Waals surface area contributed by atoms with Crippen molar-refractivity contribution in [2.45, 2.75) is 28.8 Å². The molecule has 0 atom stereocenters. The molecule has 0 saturated carbocycles. The molecule has 0 unspecified atom stereocenters. The fourth-order valence-electron chi connectivity index (χ4n) is 4.71. The Bertz CT molecular complexity index is 1600. The molecule has 1 aromatic heterocycles. The predicted molar refractivity (Wildman–Crippen MR) is 145 cm³/mol. The minimum absolute atomic E-state index is 0.0314. The average molecular weight is 591 g/mol. The van der Waals surface area contributed by atoms with E-state index < -0.39 is 33.2 Å². The molecule has 40 heavy (non-hydrogen) atoms. The van der Waals surface area contributed by atoms with Gasteiger partial charge in [-0.1, -0.05) is 24.3 Å². The van der Waals surface area contributed by atoms with Gasteiger partial charge in [-0.3, -0.25) is 14.6 Å². The number of hydrogen-bond donors (Lipinski definition) is 1. The average Bonchev–Trinajstić information content (AvgIpc) is 3.54. The lowest BCUT2D eigenvalue weighted by molar-refractivity contribution is -0.137. The van der Waals surface area contributed by atoms with Gasteiger partial charge in [0.2, 0.25) is 0 Å². The molecule has 3 heterocycles. The van der Waals surface area contributed by atoms with E-state index in [2.05, 4.69) is 10.3 Å². The zero-order valence-corrected chi connectivity index (χ0v) is 23.2. The number of thiophene rings is 1. The van der Waals surface area contributed by atoms with Crippen molar-refractivity contribution in [2.75, 3.05) is 27.2 Å². The number of alkyl halides is 3. The minimum Gasteiger partial charge on any atom is -0.345 e. The largest absolute Gasteiger partial charge is 0.416 e. The first kappa shape index (κ1) is 28.0. The number of rotatable bonds is 5. The Balaban J connectivity index is 1.30. The highest BCUT2D eigenvalue weighted by Gasteiger charge is 2.48. The smallest absolute Gasteiger partial charge is 0.345 e. The molecule has 210 valence electrons. The fourth-order valence-corrected chi connectivity index (χ4v) is 7.62. The number of halogens is 3. The van der Waals surface area contributed by atoms with Gasteiger partial charge in [0.1, 0.15) is 15.6 Å². The minimum atomic E-state index is -4.53. The number of nitrogens with zero attached hydrogens (tertiary/aromatic N) is 3. The lowest BCUT2D eigenvalue weighted by atomic mass is 9.89. The number of carbonyl (C=O) groups excluding carboxylic acids is 2. The Kier molecular flexibility index (Phi) is 7.09. The van der Waals surface area contributed by atoms with Crippen molar-refractivity contribution in [2.24, 2.45) is 4.99 Å². The molecule has 0 aliphatic carbocycles. The van der Waals surface area contributed by atoms with Crippen LogP contribution in [0.3, 0.4) is 0 Å². The Morgan fingerprint density at radius 1 is 1.02 bits per heavy atom. The zero-order valence-electron chi connectivity index (χ0n) is 21.5. The van der Waals surface area contributed by atoms with Crippen LogP contribution in [0, 0.1) is 0 Å². The van der Waals surface area contributed by atoms with Gasteiger partial charge in [-0.05, 0) is 54.8 Å². The Labute approximate surface area is 233 Å². The van der Waals surface area contributed by atoms with E-state index in [-0.39, 0.29) is 47.4 Å². The quantitative estimate of drug-likeness (QED) is 0.481. The maximum absolute atomic E-state index is 13.4. The van der Waals surface area contributed by atoms with Crippen LogP contribution in [0.15, 0.2) is 69.9 Å². The summed E-state index contributed by atoms with van der Waals surface area (Å²) in [5.41, 5.74) is -0.645. The van der Waals surface area contributed by atoms with E-state index in [0.717, 1.165) is 33.9 Å². The highest BCUT2D eigenvalue weighted by atomic mass is 32.2. The lowest BCUT2D eigenvalue weighted by Crippen LogP contribution is -2.50. The van der Waals surface area contributed by atoms with E-state index in [4.69, 9.17) is 0 Å². The van der Waals surface area contributed by atoms with Crippen LogP contribution in [0.5, 0.6) is 0 Å². The molecule has 13 heteroatoms. The molecule has 2 amide bonds. The number of amidine groups is 1. The Morgan fingerprint density at radius 2 is 1.70 bits per heavy atom.